The molecule has 2 rings (SSSR count). The minimum absolute atomic E-state index is 0.0329. The van der Waals surface area contributed by atoms with Gasteiger partial charge in [-0.2, -0.15) is 4.98 Å². The molecule has 0 radical (unpaired) electrons. The fraction of sp³-hybridized carbons (Fsp3) is 0.600. The molecule has 3 N–H and O–H groups in total. The van der Waals surface area contributed by atoms with E-state index in [2.05, 4.69) is 4.98 Å². The molecule has 16 heavy (non-hydrogen) atoms. The highest BCUT2D eigenvalue weighted by atomic mass is 16.5. The summed E-state index contributed by atoms with van der Waals surface area (Å²) in [6.07, 6.45) is 1.70. The van der Waals surface area contributed by atoms with Gasteiger partial charge in [-0.1, -0.05) is 6.92 Å². The highest BCUT2D eigenvalue weighted by Crippen LogP contribution is 2.31. The van der Waals surface area contributed by atoms with E-state index in [1.54, 1.807) is 12.3 Å². The van der Waals surface area contributed by atoms with Crippen molar-refractivity contribution in [3.63, 3.8) is 0 Å². The number of aromatic nitrogens is 2. The van der Waals surface area contributed by atoms with E-state index in [0.717, 1.165) is 0 Å². The number of aliphatic hydroxyl groups excluding tert-OH is 1. The van der Waals surface area contributed by atoms with Crippen molar-refractivity contribution in [2.45, 2.75) is 25.7 Å². The average Bonchev–Trinajstić information content (AvgIpc) is 2.59. The summed E-state index contributed by atoms with van der Waals surface area (Å²) in [5.74, 6) is 0.422. The summed E-state index contributed by atoms with van der Waals surface area (Å²) >= 11 is 0. The van der Waals surface area contributed by atoms with Crippen LogP contribution in [-0.2, 0) is 4.74 Å². The van der Waals surface area contributed by atoms with Crippen LogP contribution in [0.15, 0.2) is 17.1 Å². The average molecular weight is 225 g/mol. The molecule has 2 unspecified atom stereocenters. The first-order chi connectivity index (χ1) is 7.61. The van der Waals surface area contributed by atoms with E-state index >= 15 is 0 Å². The van der Waals surface area contributed by atoms with E-state index in [9.17, 15) is 4.79 Å². The van der Waals surface area contributed by atoms with E-state index in [1.165, 1.54) is 4.57 Å². The predicted octanol–water partition coefficient (Wildman–Crippen LogP) is -0.259. The molecule has 1 aromatic heterocycles. The maximum Gasteiger partial charge on any atom is 0.351 e. The van der Waals surface area contributed by atoms with Gasteiger partial charge in [0.05, 0.1) is 12.7 Å². The Balaban J connectivity index is 2.23. The summed E-state index contributed by atoms with van der Waals surface area (Å²) in [4.78, 5) is 15.2. The van der Waals surface area contributed by atoms with E-state index in [0.29, 0.717) is 6.42 Å². The van der Waals surface area contributed by atoms with Crippen molar-refractivity contribution in [2.75, 3.05) is 12.3 Å². The van der Waals surface area contributed by atoms with Crippen LogP contribution >= 0.6 is 0 Å². The molecule has 0 spiro atoms. The van der Waals surface area contributed by atoms with Crippen LogP contribution in [0.5, 0.6) is 0 Å². The van der Waals surface area contributed by atoms with Crippen molar-refractivity contribution < 1.29 is 9.84 Å². The number of nitrogen functional groups attached to an aromatic ring is 1. The lowest BCUT2D eigenvalue weighted by atomic mass is 10.0. The zero-order chi connectivity index (χ0) is 11.7. The van der Waals surface area contributed by atoms with Crippen molar-refractivity contribution >= 4 is 5.82 Å². The van der Waals surface area contributed by atoms with E-state index in [1.807, 2.05) is 6.92 Å². The lowest BCUT2D eigenvalue weighted by Gasteiger charge is -2.14. The number of hydrogen-bond acceptors (Lipinski definition) is 5. The third-order valence-electron chi connectivity index (χ3n) is 2.88. The summed E-state index contributed by atoms with van der Waals surface area (Å²) in [5, 5.41) is 9.07. The van der Waals surface area contributed by atoms with Crippen LogP contribution in [0.3, 0.4) is 0 Å². The molecule has 1 aliphatic heterocycles. The van der Waals surface area contributed by atoms with Crippen LogP contribution in [0.4, 0.5) is 5.82 Å². The molecule has 1 saturated heterocycles. The van der Waals surface area contributed by atoms with Gasteiger partial charge in [-0.25, -0.2) is 4.79 Å². The van der Waals surface area contributed by atoms with Crippen LogP contribution in [0.25, 0.3) is 0 Å². The van der Waals surface area contributed by atoms with Gasteiger partial charge in [-0.15, -0.1) is 0 Å². The molecule has 6 nitrogen and oxygen atoms in total. The number of ether oxygens (including phenoxy) is 1. The first-order valence-electron chi connectivity index (χ1n) is 5.23. The third kappa shape index (κ3) is 1.94. The maximum absolute atomic E-state index is 11.6. The number of anilines is 1. The molecule has 2 heterocycles. The van der Waals surface area contributed by atoms with Crippen LogP contribution in [0.2, 0.25) is 0 Å². The summed E-state index contributed by atoms with van der Waals surface area (Å²) in [6, 6.07) is 1.56. The van der Waals surface area contributed by atoms with Gasteiger partial charge in [0, 0.05) is 6.20 Å². The molecule has 0 bridgehead atoms. The van der Waals surface area contributed by atoms with Crippen molar-refractivity contribution in [1.82, 2.24) is 9.55 Å². The molecule has 6 heteroatoms. The molecular formula is C10H15N3O3. The molecule has 0 saturated carbocycles. The number of rotatable bonds is 2. The third-order valence-corrected chi connectivity index (χ3v) is 2.88. The summed E-state index contributed by atoms with van der Waals surface area (Å²) in [7, 11) is 0. The highest BCUT2D eigenvalue weighted by molar-refractivity contribution is 5.23. The Morgan fingerprint density at radius 3 is 3.06 bits per heavy atom. The molecule has 0 aromatic carbocycles. The second-order valence-electron chi connectivity index (χ2n) is 4.07. The summed E-state index contributed by atoms with van der Waals surface area (Å²) in [6.45, 7) is 1.95. The van der Waals surface area contributed by atoms with Crippen LogP contribution < -0.4 is 11.4 Å². The topological polar surface area (TPSA) is 90.4 Å². The smallest absolute Gasteiger partial charge is 0.351 e. The Morgan fingerprint density at radius 2 is 2.50 bits per heavy atom. The van der Waals surface area contributed by atoms with Crippen molar-refractivity contribution in [3.05, 3.63) is 22.7 Å². The monoisotopic (exact) mass is 225 g/mol. The molecular weight excluding hydrogens is 210 g/mol. The Bertz CT molecular complexity index is 432. The second kappa shape index (κ2) is 4.23. The number of aliphatic hydroxyl groups is 1. The van der Waals surface area contributed by atoms with Crippen LogP contribution in [0, 0.1) is 5.92 Å². The van der Waals surface area contributed by atoms with Gasteiger partial charge in [-0.3, -0.25) is 4.57 Å². The van der Waals surface area contributed by atoms with E-state index in [4.69, 9.17) is 15.6 Å². The fourth-order valence-electron chi connectivity index (χ4n) is 1.91. The molecule has 0 amide bonds. The maximum atomic E-state index is 11.6. The fourth-order valence-corrected chi connectivity index (χ4v) is 1.91. The summed E-state index contributed by atoms with van der Waals surface area (Å²) in [5.41, 5.74) is 4.98. The van der Waals surface area contributed by atoms with Crippen molar-refractivity contribution in [1.29, 1.82) is 0 Å². The molecule has 3 atom stereocenters. The Morgan fingerprint density at radius 1 is 1.75 bits per heavy atom. The van der Waals surface area contributed by atoms with Gasteiger partial charge in [0.1, 0.15) is 12.0 Å². The molecule has 88 valence electrons. The van der Waals surface area contributed by atoms with Gasteiger partial charge in [-0.05, 0) is 18.4 Å². The molecule has 1 aromatic rings. The van der Waals surface area contributed by atoms with E-state index < -0.39 is 5.69 Å². The number of nitrogens with zero attached hydrogens (tertiary/aromatic N) is 2. The predicted molar refractivity (Wildman–Crippen MR) is 57.7 cm³/mol. The lowest BCUT2D eigenvalue weighted by molar-refractivity contribution is -0.0312. The van der Waals surface area contributed by atoms with Crippen molar-refractivity contribution in [2.24, 2.45) is 5.92 Å². The minimum Gasteiger partial charge on any atom is -0.394 e. The lowest BCUT2D eigenvalue weighted by Crippen LogP contribution is -2.27. The van der Waals surface area contributed by atoms with Gasteiger partial charge in [0.2, 0.25) is 0 Å². The SMILES string of the molecule is CC1C[C@@H](n2ccc(N)nc2=O)OC1CO. The summed E-state index contributed by atoms with van der Waals surface area (Å²) < 4.78 is 6.97. The van der Waals surface area contributed by atoms with Crippen LogP contribution in [-0.4, -0.2) is 27.4 Å². The second-order valence-corrected chi connectivity index (χ2v) is 4.07. The Hall–Kier alpha value is -1.40. The van der Waals surface area contributed by atoms with E-state index in [-0.39, 0.29) is 30.7 Å². The number of nitrogens with two attached hydrogens (primary N) is 1. The van der Waals surface area contributed by atoms with Gasteiger partial charge in [0.15, 0.2) is 0 Å². The molecule has 1 aliphatic rings. The van der Waals surface area contributed by atoms with Crippen LogP contribution in [0.1, 0.15) is 19.6 Å². The molecule has 1 fully saturated rings. The number of hydrogen-bond donors (Lipinski definition) is 2. The largest absolute Gasteiger partial charge is 0.394 e. The Labute approximate surface area is 92.7 Å². The van der Waals surface area contributed by atoms with Crippen molar-refractivity contribution in [3.8, 4) is 0 Å². The Kier molecular flexibility index (Phi) is 2.93. The zero-order valence-corrected chi connectivity index (χ0v) is 9.04. The molecule has 0 aliphatic carbocycles. The standard InChI is InChI=1S/C10H15N3O3/c1-6-4-9(16-7(6)5-14)13-3-2-8(11)12-10(13)15/h2-3,6-7,9,14H,4-5H2,1H3,(H2,11,12,15)/t6?,7?,9-/m0/s1. The first-order valence-corrected chi connectivity index (χ1v) is 5.23. The normalized spacial score (nSPS) is 29.5. The zero-order valence-electron chi connectivity index (χ0n) is 9.04. The quantitative estimate of drug-likeness (QED) is 0.723. The van der Waals surface area contributed by atoms with Gasteiger partial charge in [0.25, 0.3) is 0 Å². The van der Waals surface area contributed by atoms with Gasteiger partial charge < -0.3 is 15.6 Å². The first kappa shape index (κ1) is 11.1. The highest BCUT2D eigenvalue weighted by Gasteiger charge is 2.33. The van der Waals surface area contributed by atoms with Gasteiger partial charge >= 0.3 is 5.69 Å². The minimum atomic E-state index is -0.421.